The van der Waals surface area contributed by atoms with Crippen LogP contribution in [0.3, 0.4) is 0 Å². The van der Waals surface area contributed by atoms with Crippen LogP contribution in [0.15, 0.2) is 81.8 Å². The van der Waals surface area contributed by atoms with Crippen LogP contribution in [0, 0.1) is 10.1 Å². The zero-order valence-electron chi connectivity index (χ0n) is 15.8. The molecule has 1 aliphatic heterocycles. The number of nitro groups is 1. The third-order valence-electron chi connectivity index (χ3n) is 4.53. The molecule has 0 bridgehead atoms. The Bertz CT molecular complexity index is 1220. The summed E-state index contributed by atoms with van der Waals surface area (Å²) in [6.07, 6.45) is 1.50. The van der Waals surface area contributed by atoms with Crippen molar-refractivity contribution in [1.82, 2.24) is 5.01 Å². The van der Waals surface area contributed by atoms with Crippen molar-refractivity contribution in [1.29, 1.82) is 0 Å². The Morgan fingerprint density at radius 1 is 1.10 bits per heavy atom. The van der Waals surface area contributed by atoms with E-state index in [1.165, 1.54) is 18.2 Å². The summed E-state index contributed by atoms with van der Waals surface area (Å²) >= 11 is 0. The van der Waals surface area contributed by atoms with E-state index < -0.39 is 16.7 Å². The highest BCUT2D eigenvalue weighted by molar-refractivity contribution is 6.30. The molecule has 0 atom stereocenters. The van der Waals surface area contributed by atoms with Crippen molar-refractivity contribution in [3.8, 4) is 11.3 Å². The lowest BCUT2D eigenvalue weighted by molar-refractivity contribution is -0.384. The minimum absolute atomic E-state index is 0.0483. The molecule has 0 N–H and O–H groups in total. The van der Waals surface area contributed by atoms with Gasteiger partial charge < -0.3 is 4.42 Å². The molecular formula is C22H15N3O5. The first-order chi connectivity index (χ1) is 14.4. The highest BCUT2D eigenvalue weighted by Crippen LogP contribution is 2.28. The van der Waals surface area contributed by atoms with Gasteiger partial charge in [-0.25, -0.2) is 0 Å². The van der Waals surface area contributed by atoms with Crippen molar-refractivity contribution in [2.24, 2.45) is 5.10 Å². The Balaban J connectivity index is 1.60. The van der Waals surface area contributed by atoms with Gasteiger partial charge in [0, 0.05) is 23.3 Å². The zero-order valence-corrected chi connectivity index (χ0v) is 15.8. The molecular weight excluding hydrogens is 386 g/mol. The normalized spacial score (nSPS) is 14.8. The molecule has 0 saturated heterocycles. The number of carbonyl (C=O) groups is 2. The van der Waals surface area contributed by atoms with Crippen LogP contribution in [-0.4, -0.2) is 27.5 Å². The first-order valence-electron chi connectivity index (χ1n) is 9.00. The van der Waals surface area contributed by atoms with Gasteiger partial charge in [0.25, 0.3) is 17.5 Å². The van der Waals surface area contributed by atoms with E-state index in [0.717, 1.165) is 5.01 Å². The second-order valence-corrected chi connectivity index (χ2v) is 6.54. The first-order valence-corrected chi connectivity index (χ1v) is 9.00. The Labute approximate surface area is 170 Å². The molecule has 148 valence electrons. The molecule has 0 aliphatic carbocycles. The molecule has 8 heteroatoms. The van der Waals surface area contributed by atoms with Crippen LogP contribution in [0.25, 0.3) is 17.4 Å². The predicted octanol–water partition coefficient (Wildman–Crippen LogP) is 4.30. The van der Waals surface area contributed by atoms with Crippen molar-refractivity contribution in [3.05, 3.63) is 93.7 Å². The average Bonchev–Trinajstić information content (AvgIpc) is 3.34. The molecule has 2 aromatic carbocycles. The fourth-order valence-corrected chi connectivity index (χ4v) is 3.03. The van der Waals surface area contributed by atoms with Gasteiger partial charge in [-0.3, -0.25) is 19.7 Å². The van der Waals surface area contributed by atoms with Crippen LogP contribution in [0.2, 0.25) is 0 Å². The van der Waals surface area contributed by atoms with E-state index in [1.54, 1.807) is 61.5 Å². The third-order valence-corrected chi connectivity index (χ3v) is 4.53. The van der Waals surface area contributed by atoms with Gasteiger partial charge in [0.2, 0.25) is 0 Å². The van der Waals surface area contributed by atoms with Gasteiger partial charge >= 0.3 is 0 Å². The molecule has 4 rings (SSSR count). The van der Waals surface area contributed by atoms with Crippen molar-refractivity contribution >= 4 is 29.3 Å². The maximum Gasteiger partial charge on any atom is 0.283 e. The molecule has 0 saturated carbocycles. The van der Waals surface area contributed by atoms with Gasteiger partial charge in [-0.1, -0.05) is 30.3 Å². The van der Waals surface area contributed by atoms with Crippen LogP contribution >= 0.6 is 0 Å². The minimum atomic E-state index is -0.547. The number of hydrazone groups is 1. The Morgan fingerprint density at radius 3 is 2.60 bits per heavy atom. The zero-order chi connectivity index (χ0) is 21.3. The fraction of sp³-hybridized carbons (Fsp3) is 0.0455. The summed E-state index contributed by atoms with van der Waals surface area (Å²) in [5.41, 5.74) is 1.47. The largest absolute Gasteiger partial charge is 0.457 e. The molecule has 0 radical (unpaired) electrons. The van der Waals surface area contributed by atoms with E-state index in [2.05, 4.69) is 5.10 Å². The molecule has 8 nitrogen and oxygen atoms in total. The maximum absolute atomic E-state index is 12.7. The molecule has 30 heavy (non-hydrogen) atoms. The molecule has 2 heterocycles. The minimum Gasteiger partial charge on any atom is -0.457 e. The predicted molar refractivity (Wildman–Crippen MR) is 110 cm³/mol. The summed E-state index contributed by atoms with van der Waals surface area (Å²) in [4.78, 5) is 35.8. The average molecular weight is 401 g/mol. The van der Waals surface area contributed by atoms with Gasteiger partial charge in [0.15, 0.2) is 0 Å². The number of rotatable bonds is 4. The van der Waals surface area contributed by atoms with E-state index in [9.17, 15) is 19.7 Å². The quantitative estimate of drug-likeness (QED) is 0.280. The number of benzene rings is 2. The number of furan rings is 1. The molecule has 3 aromatic rings. The van der Waals surface area contributed by atoms with Crippen molar-refractivity contribution in [2.75, 3.05) is 0 Å². The molecule has 1 aliphatic rings. The van der Waals surface area contributed by atoms with Crippen molar-refractivity contribution in [2.45, 2.75) is 6.92 Å². The lowest BCUT2D eigenvalue weighted by Crippen LogP contribution is -2.29. The summed E-state index contributed by atoms with van der Waals surface area (Å²) in [5.74, 6) is -0.277. The number of nitro benzene ring substituents is 1. The Kier molecular flexibility index (Phi) is 4.81. The van der Waals surface area contributed by atoms with Crippen LogP contribution in [-0.2, 0) is 4.79 Å². The lowest BCUT2D eigenvalue weighted by Gasteiger charge is -2.09. The second-order valence-electron chi connectivity index (χ2n) is 6.54. The lowest BCUT2D eigenvalue weighted by atomic mass is 10.1. The van der Waals surface area contributed by atoms with E-state index in [0.29, 0.717) is 28.4 Å². The highest BCUT2D eigenvalue weighted by atomic mass is 16.6. The van der Waals surface area contributed by atoms with Gasteiger partial charge in [0.05, 0.1) is 16.2 Å². The van der Waals surface area contributed by atoms with E-state index in [4.69, 9.17) is 4.42 Å². The van der Waals surface area contributed by atoms with Crippen LogP contribution in [0.4, 0.5) is 5.69 Å². The van der Waals surface area contributed by atoms with E-state index in [-0.39, 0.29) is 11.3 Å². The van der Waals surface area contributed by atoms with Crippen LogP contribution < -0.4 is 0 Å². The van der Waals surface area contributed by atoms with E-state index >= 15 is 0 Å². The molecule has 2 amide bonds. The number of imide groups is 1. The summed E-state index contributed by atoms with van der Waals surface area (Å²) in [5, 5.41) is 15.9. The molecule has 0 fully saturated rings. The first kappa shape index (κ1) is 19.0. The summed E-state index contributed by atoms with van der Waals surface area (Å²) in [6, 6.07) is 17.8. The number of hydrogen-bond donors (Lipinski definition) is 0. The van der Waals surface area contributed by atoms with E-state index in [1.807, 2.05) is 0 Å². The number of hydrogen-bond acceptors (Lipinski definition) is 6. The summed E-state index contributed by atoms with van der Waals surface area (Å²) in [6.45, 7) is 1.63. The van der Waals surface area contributed by atoms with Crippen LogP contribution in [0.5, 0.6) is 0 Å². The fourth-order valence-electron chi connectivity index (χ4n) is 3.03. The van der Waals surface area contributed by atoms with Crippen molar-refractivity contribution < 1.29 is 18.9 Å². The molecule has 0 spiro atoms. The SMILES string of the molecule is CC1=NN(C(=O)c2ccccc2)C(=O)/C1=C/c1ccc(-c2cccc([N+](=O)[O-])c2)o1. The number of amides is 2. The smallest absolute Gasteiger partial charge is 0.283 e. The second kappa shape index (κ2) is 7.59. The summed E-state index contributed by atoms with van der Waals surface area (Å²) < 4.78 is 5.73. The monoisotopic (exact) mass is 401 g/mol. The van der Waals surface area contributed by atoms with Gasteiger partial charge in [-0.15, -0.1) is 0 Å². The Hall–Kier alpha value is -4.33. The summed E-state index contributed by atoms with van der Waals surface area (Å²) in [7, 11) is 0. The topological polar surface area (TPSA) is 106 Å². The standard InChI is InChI=1S/C22H15N3O5/c1-14-19(22(27)24(23-14)21(26)15-6-3-2-4-7-15)13-18-10-11-20(30-18)16-8-5-9-17(12-16)25(28)29/h2-13H,1H3/b19-13+. The van der Waals surface area contributed by atoms with Crippen LogP contribution in [0.1, 0.15) is 23.0 Å². The number of nitrogens with zero attached hydrogens (tertiary/aromatic N) is 3. The van der Waals surface area contributed by atoms with Gasteiger partial charge in [-0.2, -0.15) is 10.1 Å². The maximum atomic E-state index is 12.7. The molecule has 0 unspecified atom stereocenters. The Morgan fingerprint density at radius 2 is 1.87 bits per heavy atom. The number of non-ortho nitro benzene ring substituents is 1. The highest BCUT2D eigenvalue weighted by Gasteiger charge is 2.33. The number of carbonyl (C=O) groups excluding carboxylic acids is 2. The van der Waals surface area contributed by atoms with Gasteiger partial charge in [-0.05, 0) is 37.3 Å². The molecule has 1 aromatic heterocycles. The third kappa shape index (κ3) is 3.53. The van der Waals surface area contributed by atoms with Gasteiger partial charge in [0.1, 0.15) is 11.5 Å². The van der Waals surface area contributed by atoms with Crippen molar-refractivity contribution in [3.63, 3.8) is 0 Å².